The van der Waals surface area contributed by atoms with Crippen molar-refractivity contribution in [3.8, 4) is 5.75 Å². The average molecular weight is 275 g/mol. The Kier molecular flexibility index (Phi) is 5.45. The van der Waals surface area contributed by atoms with E-state index in [1.165, 1.54) is 0 Å². The van der Waals surface area contributed by atoms with Gasteiger partial charge in [-0.25, -0.2) is 0 Å². The van der Waals surface area contributed by atoms with Crippen molar-refractivity contribution in [2.75, 3.05) is 19.7 Å². The van der Waals surface area contributed by atoms with Crippen LogP contribution in [0.25, 0.3) is 0 Å². The van der Waals surface area contributed by atoms with Gasteiger partial charge in [-0.3, -0.25) is 4.79 Å². The van der Waals surface area contributed by atoms with Crippen LogP contribution in [-0.4, -0.2) is 30.5 Å². The fraction of sp³-hybridized carbons (Fsp3) is 0.588. The van der Waals surface area contributed by atoms with Crippen LogP contribution in [0.5, 0.6) is 5.75 Å². The fourth-order valence-corrected chi connectivity index (χ4v) is 2.54. The maximum atomic E-state index is 12.1. The van der Waals surface area contributed by atoms with Crippen LogP contribution in [-0.2, 0) is 4.79 Å². The first-order valence-corrected chi connectivity index (χ1v) is 7.63. The van der Waals surface area contributed by atoms with Crippen LogP contribution in [0.4, 0.5) is 0 Å². The number of aryl methyl sites for hydroxylation is 1. The zero-order chi connectivity index (χ0) is 14.4. The third-order valence-electron chi connectivity index (χ3n) is 4.02. The molecule has 0 radical (unpaired) electrons. The lowest BCUT2D eigenvalue weighted by atomic mass is 9.99. The summed E-state index contributed by atoms with van der Waals surface area (Å²) >= 11 is 0. The van der Waals surface area contributed by atoms with Crippen molar-refractivity contribution in [1.82, 2.24) is 4.90 Å². The van der Waals surface area contributed by atoms with Gasteiger partial charge in [0.05, 0.1) is 6.61 Å². The first-order chi connectivity index (χ1) is 9.66. The van der Waals surface area contributed by atoms with Crippen LogP contribution >= 0.6 is 0 Å². The minimum atomic E-state index is 0.283. The second kappa shape index (κ2) is 7.32. The average Bonchev–Trinajstić information content (AvgIpc) is 2.46. The van der Waals surface area contributed by atoms with Gasteiger partial charge in [-0.1, -0.05) is 25.1 Å². The molecule has 110 valence electrons. The summed E-state index contributed by atoms with van der Waals surface area (Å²) in [5.74, 6) is 1.97. The van der Waals surface area contributed by atoms with E-state index < -0.39 is 0 Å². The Labute approximate surface area is 121 Å². The van der Waals surface area contributed by atoms with Crippen LogP contribution in [0.15, 0.2) is 24.3 Å². The molecule has 20 heavy (non-hydrogen) atoms. The molecule has 1 aliphatic rings. The molecule has 0 unspecified atom stereocenters. The van der Waals surface area contributed by atoms with Gasteiger partial charge in [0.15, 0.2) is 0 Å². The number of nitrogens with zero attached hydrogens (tertiary/aromatic N) is 1. The van der Waals surface area contributed by atoms with E-state index in [-0.39, 0.29) is 5.91 Å². The molecule has 0 atom stereocenters. The maximum absolute atomic E-state index is 12.1. The predicted octanol–water partition coefficient (Wildman–Crippen LogP) is 3.41. The summed E-state index contributed by atoms with van der Waals surface area (Å²) in [6.45, 7) is 6.77. The molecule has 1 amide bonds. The van der Waals surface area contributed by atoms with Crippen LogP contribution in [0.2, 0.25) is 0 Å². The van der Waals surface area contributed by atoms with Crippen molar-refractivity contribution in [1.29, 1.82) is 0 Å². The summed E-state index contributed by atoms with van der Waals surface area (Å²) < 4.78 is 5.72. The summed E-state index contributed by atoms with van der Waals surface area (Å²) in [6, 6.07) is 7.99. The number of amides is 1. The smallest absolute Gasteiger partial charge is 0.222 e. The van der Waals surface area contributed by atoms with E-state index in [2.05, 4.69) is 6.92 Å². The van der Waals surface area contributed by atoms with Crippen LogP contribution in [0, 0.1) is 12.8 Å². The van der Waals surface area contributed by atoms with Gasteiger partial charge >= 0.3 is 0 Å². The summed E-state index contributed by atoms with van der Waals surface area (Å²) in [7, 11) is 0. The summed E-state index contributed by atoms with van der Waals surface area (Å²) in [5, 5.41) is 0. The zero-order valence-electron chi connectivity index (χ0n) is 12.6. The molecule has 0 aliphatic carbocycles. The molecule has 1 aromatic rings. The number of ether oxygens (including phenoxy) is 1. The molecule has 0 spiro atoms. The summed E-state index contributed by atoms with van der Waals surface area (Å²) in [6.07, 6.45) is 3.68. The number of benzene rings is 1. The van der Waals surface area contributed by atoms with Crippen molar-refractivity contribution in [3.05, 3.63) is 29.8 Å². The number of carbonyl (C=O) groups is 1. The molecule has 1 aromatic carbocycles. The number of para-hydroxylation sites is 1. The fourth-order valence-electron chi connectivity index (χ4n) is 2.54. The Morgan fingerprint density at radius 2 is 2.00 bits per heavy atom. The van der Waals surface area contributed by atoms with Gasteiger partial charge in [0.25, 0.3) is 0 Å². The second-order valence-electron chi connectivity index (χ2n) is 5.78. The number of hydrogen-bond acceptors (Lipinski definition) is 2. The standard InChI is InChI=1S/C17H25NO2/c1-14-9-11-18(12-10-14)17(19)8-5-13-20-16-7-4-3-6-15(16)2/h3-4,6-7,14H,5,8-13H2,1-2H3. The van der Waals surface area contributed by atoms with Gasteiger partial charge in [-0.2, -0.15) is 0 Å². The van der Waals surface area contributed by atoms with Gasteiger partial charge in [-0.15, -0.1) is 0 Å². The molecule has 3 nitrogen and oxygen atoms in total. The first-order valence-electron chi connectivity index (χ1n) is 7.63. The molecular formula is C17H25NO2. The molecule has 0 saturated carbocycles. The topological polar surface area (TPSA) is 29.5 Å². The Morgan fingerprint density at radius 1 is 1.30 bits per heavy atom. The van der Waals surface area contributed by atoms with Crippen molar-refractivity contribution in [2.24, 2.45) is 5.92 Å². The molecule has 0 N–H and O–H groups in total. The molecule has 3 heteroatoms. The van der Waals surface area contributed by atoms with Crippen LogP contribution < -0.4 is 4.74 Å². The number of piperidine rings is 1. The SMILES string of the molecule is Cc1ccccc1OCCCC(=O)N1CCC(C)CC1. The molecule has 0 bridgehead atoms. The lowest BCUT2D eigenvalue weighted by molar-refractivity contribution is -0.132. The highest BCUT2D eigenvalue weighted by Crippen LogP contribution is 2.18. The number of likely N-dealkylation sites (tertiary alicyclic amines) is 1. The molecule has 1 heterocycles. The third-order valence-corrected chi connectivity index (χ3v) is 4.02. The number of carbonyl (C=O) groups excluding carboxylic acids is 1. The van der Waals surface area contributed by atoms with E-state index in [1.54, 1.807) is 0 Å². The van der Waals surface area contributed by atoms with Crippen LogP contribution in [0.1, 0.15) is 38.2 Å². The highest BCUT2D eigenvalue weighted by Gasteiger charge is 2.19. The minimum absolute atomic E-state index is 0.283. The predicted molar refractivity (Wildman–Crippen MR) is 80.9 cm³/mol. The monoisotopic (exact) mass is 275 g/mol. The zero-order valence-corrected chi connectivity index (χ0v) is 12.6. The lowest BCUT2D eigenvalue weighted by Crippen LogP contribution is -2.37. The van der Waals surface area contributed by atoms with Gasteiger partial charge in [0.1, 0.15) is 5.75 Å². The second-order valence-corrected chi connectivity index (χ2v) is 5.78. The highest BCUT2D eigenvalue weighted by molar-refractivity contribution is 5.76. The Hall–Kier alpha value is -1.51. The lowest BCUT2D eigenvalue weighted by Gasteiger charge is -2.30. The van der Waals surface area contributed by atoms with E-state index in [1.807, 2.05) is 36.1 Å². The normalized spacial score (nSPS) is 16.2. The highest BCUT2D eigenvalue weighted by atomic mass is 16.5. The Bertz CT molecular complexity index is 436. The first kappa shape index (κ1) is 14.9. The molecular weight excluding hydrogens is 250 g/mol. The molecule has 1 saturated heterocycles. The van der Waals surface area contributed by atoms with Crippen molar-refractivity contribution in [3.63, 3.8) is 0 Å². The maximum Gasteiger partial charge on any atom is 0.222 e. The number of rotatable bonds is 5. The Morgan fingerprint density at radius 3 is 2.70 bits per heavy atom. The quantitative estimate of drug-likeness (QED) is 0.771. The van der Waals surface area contributed by atoms with E-state index in [0.29, 0.717) is 13.0 Å². The van der Waals surface area contributed by atoms with Gasteiger partial charge < -0.3 is 9.64 Å². The third kappa shape index (κ3) is 4.26. The summed E-state index contributed by atoms with van der Waals surface area (Å²) in [5.41, 5.74) is 1.14. The van der Waals surface area contributed by atoms with E-state index in [9.17, 15) is 4.79 Å². The minimum Gasteiger partial charge on any atom is -0.493 e. The van der Waals surface area contributed by atoms with Crippen molar-refractivity contribution in [2.45, 2.75) is 39.5 Å². The van der Waals surface area contributed by atoms with E-state index >= 15 is 0 Å². The van der Waals surface area contributed by atoms with Gasteiger partial charge in [-0.05, 0) is 43.7 Å². The van der Waals surface area contributed by atoms with E-state index in [0.717, 1.165) is 49.6 Å². The molecule has 2 rings (SSSR count). The molecule has 0 aromatic heterocycles. The van der Waals surface area contributed by atoms with Crippen molar-refractivity contribution < 1.29 is 9.53 Å². The van der Waals surface area contributed by atoms with Gasteiger partial charge in [0, 0.05) is 19.5 Å². The van der Waals surface area contributed by atoms with E-state index in [4.69, 9.17) is 4.74 Å². The Balaban J connectivity index is 1.66. The summed E-state index contributed by atoms with van der Waals surface area (Å²) in [4.78, 5) is 14.1. The molecule has 1 fully saturated rings. The van der Waals surface area contributed by atoms with Gasteiger partial charge in [0.2, 0.25) is 5.91 Å². The van der Waals surface area contributed by atoms with Crippen molar-refractivity contribution >= 4 is 5.91 Å². The molecule has 1 aliphatic heterocycles. The van der Waals surface area contributed by atoms with Crippen LogP contribution in [0.3, 0.4) is 0 Å². The largest absolute Gasteiger partial charge is 0.493 e. The number of hydrogen-bond donors (Lipinski definition) is 0.